The van der Waals surface area contributed by atoms with Gasteiger partial charge in [0.05, 0.1) is 32.1 Å². The number of anilines is 1. The average molecular weight is 472 g/mol. The van der Waals surface area contributed by atoms with Gasteiger partial charge in [-0.15, -0.1) is 0 Å². The molecule has 5 atom stereocenters. The number of nitrogens with one attached hydrogen (secondary N) is 1. The van der Waals surface area contributed by atoms with E-state index in [4.69, 9.17) is 15.2 Å². The highest BCUT2D eigenvalue weighted by Gasteiger charge is 2.46. The number of hydrogen-bond donors (Lipinski definition) is 4. The van der Waals surface area contributed by atoms with Crippen LogP contribution in [0, 0.1) is 0 Å². The number of fused-ring (bicyclic) bond motifs is 1. The Kier molecular flexibility index (Phi) is 6.93. The summed E-state index contributed by atoms with van der Waals surface area (Å²) in [5, 5.41) is 23.6. The second kappa shape index (κ2) is 9.89. The van der Waals surface area contributed by atoms with E-state index in [-0.39, 0.29) is 0 Å². The van der Waals surface area contributed by atoms with Gasteiger partial charge in [0.25, 0.3) is 0 Å². The fourth-order valence-electron chi connectivity index (χ4n) is 4.04. The minimum Gasteiger partial charge on any atom is -0.497 e. The summed E-state index contributed by atoms with van der Waals surface area (Å²) in [6.07, 6.45) is 0.250. The smallest absolute Gasteiger partial charge is 0.237 e. The van der Waals surface area contributed by atoms with Gasteiger partial charge in [0.2, 0.25) is 5.91 Å². The normalized spacial score (nSPS) is 23.1. The van der Waals surface area contributed by atoms with E-state index in [9.17, 15) is 15.0 Å². The van der Waals surface area contributed by atoms with E-state index < -0.39 is 43.0 Å². The van der Waals surface area contributed by atoms with Crippen LogP contribution in [0.2, 0.25) is 0 Å². The Hall–Kier alpha value is -3.32. The fourth-order valence-corrected chi connectivity index (χ4v) is 4.04. The molecule has 1 aromatic carbocycles. The van der Waals surface area contributed by atoms with Gasteiger partial charge in [-0.2, -0.15) is 0 Å². The van der Waals surface area contributed by atoms with Gasteiger partial charge in [-0.1, -0.05) is 12.1 Å². The van der Waals surface area contributed by atoms with Crippen LogP contribution in [-0.4, -0.2) is 87.7 Å². The van der Waals surface area contributed by atoms with E-state index >= 15 is 0 Å². The Morgan fingerprint density at radius 3 is 2.68 bits per heavy atom. The molecule has 2 aromatic heterocycles. The van der Waals surface area contributed by atoms with Gasteiger partial charge in [-0.25, -0.2) is 15.0 Å². The van der Waals surface area contributed by atoms with Crippen molar-refractivity contribution < 1.29 is 24.5 Å². The van der Waals surface area contributed by atoms with Gasteiger partial charge < -0.3 is 35.6 Å². The summed E-state index contributed by atoms with van der Waals surface area (Å²) in [6.45, 7) is -0.406. The third kappa shape index (κ3) is 4.53. The van der Waals surface area contributed by atoms with Gasteiger partial charge in [-0.05, 0) is 24.1 Å². The summed E-state index contributed by atoms with van der Waals surface area (Å²) in [4.78, 5) is 27.5. The van der Waals surface area contributed by atoms with Crippen LogP contribution in [-0.2, 0) is 16.0 Å². The van der Waals surface area contributed by atoms with Gasteiger partial charge in [0, 0.05) is 14.1 Å². The maximum atomic E-state index is 12.8. The fraction of sp³-hybridized carbons (Fsp3) is 0.455. The Morgan fingerprint density at radius 2 is 2.03 bits per heavy atom. The first-order valence-corrected chi connectivity index (χ1v) is 10.8. The number of carbonyl (C=O) groups is 1. The van der Waals surface area contributed by atoms with Crippen molar-refractivity contribution in [3.63, 3.8) is 0 Å². The van der Waals surface area contributed by atoms with Crippen LogP contribution < -0.4 is 20.7 Å². The number of hydrogen-bond acceptors (Lipinski definition) is 10. The maximum Gasteiger partial charge on any atom is 0.237 e. The molecule has 0 saturated carbocycles. The van der Waals surface area contributed by atoms with E-state index in [0.29, 0.717) is 29.2 Å². The third-order valence-corrected chi connectivity index (χ3v) is 5.85. The first kappa shape index (κ1) is 23.8. The summed E-state index contributed by atoms with van der Waals surface area (Å²) in [5.41, 5.74) is 7.98. The lowest BCUT2D eigenvalue weighted by Gasteiger charge is -2.23. The first-order valence-electron chi connectivity index (χ1n) is 10.8. The van der Waals surface area contributed by atoms with E-state index in [1.54, 1.807) is 28.7 Å². The molecule has 1 aliphatic heterocycles. The van der Waals surface area contributed by atoms with Crippen molar-refractivity contribution >= 4 is 22.9 Å². The predicted octanol–water partition coefficient (Wildman–Crippen LogP) is -0.794. The number of aliphatic hydroxyl groups excluding tert-OH is 2. The molecular weight excluding hydrogens is 442 g/mol. The zero-order valence-electron chi connectivity index (χ0n) is 19.2. The number of methoxy groups -OCH3 is 1. The lowest BCUT2D eigenvalue weighted by atomic mass is 10.0. The van der Waals surface area contributed by atoms with Crippen LogP contribution in [0.5, 0.6) is 5.75 Å². The Balaban J connectivity index is 1.49. The molecule has 34 heavy (non-hydrogen) atoms. The number of nitrogens with two attached hydrogens (primary N) is 1. The van der Waals surface area contributed by atoms with E-state index in [0.717, 1.165) is 5.56 Å². The molecule has 1 aliphatic rings. The van der Waals surface area contributed by atoms with Crippen LogP contribution in [0.3, 0.4) is 0 Å². The van der Waals surface area contributed by atoms with Crippen molar-refractivity contribution in [1.29, 1.82) is 0 Å². The molecule has 0 radical (unpaired) electrons. The molecule has 3 heterocycles. The molecule has 182 valence electrons. The highest BCUT2D eigenvalue weighted by Crippen LogP contribution is 2.32. The van der Waals surface area contributed by atoms with E-state index in [1.807, 2.05) is 26.2 Å². The predicted molar refractivity (Wildman–Crippen MR) is 123 cm³/mol. The Bertz CT molecular complexity index is 1140. The number of nitrogens with zero attached hydrogens (tertiary/aromatic N) is 5. The highest BCUT2D eigenvalue weighted by atomic mass is 16.5. The molecule has 0 bridgehead atoms. The zero-order chi connectivity index (χ0) is 24.4. The lowest BCUT2D eigenvalue weighted by Crippen LogP contribution is -2.53. The van der Waals surface area contributed by atoms with Crippen molar-refractivity contribution in [2.75, 3.05) is 32.7 Å². The molecule has 0 unspecified atom stereocenters. The second-order valence-electron chi connectivity index (χ2n) is 8.35. The molecule has 0 aliphatic carbocycles. The van der Waals surface area contributed by atoms with Crippen LogP contribution in [0.15, 0.2) is 36.9 Å². The number of imidazole rings is 1. The summed E-state index contributed by atoms with van der Waals surface area (Å²) in [6, 6.07) is 5.52. The number of rotatable bonds is 8. The summed E-state index contributed by atoms with van der Waals surface area (Å²) < 4.78 is 12.6. The third-order valence-electron chi connectivity index (χ3n) is 5.85. The average Bonchev–Trinajstić information content (AvgIpc) is 3.40. The molecule has 1 fully saturated rings. The number of ether oxygens (including phenoxy) is 2. The van der Waals surface area contributed by atoms with E-state index in [1.165, 1.54) is 12.7 Å². The quantitative estimate of drug-likeness (QED) is 0.328. The molecule has 5 N–H and O–H groups in total. The molecular formula is C22H29N7O5. The molecule has 1 saturated heterocycles. The summed E-state index contributed by atoms with van der Waals surface area (Å²) in [5.74, 6) is 0.861. The zero-order valence-corrected chi connectivity index (χ0v) is 19.2. The van der Waals surface area contributed by atoms with Gasteiger partial charge >= 0.3 is 0 Å². The molecule has 3 aromatic rings. The standard InChI is InChI=1S/C22H29N7O5/c1-28(2)19-17-20(25-10-24-19)29(11-26-17)22-18(31)16(15(9-30)34-22)27-21(32)14(23)8-12-4-6-13(33-3)7-5-12/h4-7,10-11,14-16,18,22,30-31H,8-9,23H2,1-3H3,(H,27,32)/t14-,15-,16+,18-,22+/m0/s1. The van der Waals surface area contributed by atoms with Gasteiger partial charge in [0.1, 0.15) is 24.3 Å². The Morgan fingerprint density at radius 1 is 1.29 bits per heavy atom. The van der Waals surface area contributed by atoms with E-state index in [2.05, 4.69) is 20.3 Å². The van der Waals surface area contributed by atoms with Crippen molar-refractivity contribution in [3.05, 3.63) is 42.5 Å². The van der Waals surface area contributed by atoms with Crippen LogP contribution >= 0.6 is 0 Å². The molecule has 12 heteroatoms. The van der Waals surface area contributed by atoms with Crippen LogP contribution in [0.25, 0.3) is 11.2 Å². The number of benzene rings is 1. The van der Waals surface area contributed by atoms with Crippen molar-refractivity contribution in [3.8, 4) is 5.75 Å². The monoisotopic (exact) mass is 471 g/mol. The van der Waals surface area contributed by atoms with Gasteiger partial charge in [0.15, 0.2) is 23.2 Å². The summed E-state index contributed by atoms with van der Waals surface area (Å²) >= 11 is 0. The molecule has 12 nitrogen and oxygen atoms in total. The molecule has 1 amide bonds. The van der Waals surface area contributed by atoms with Crippen LogP contribution in [0.4, 0.5) is 5.82 Å². The minimum absolute atomic E-state index is 0.295. The van der Waals surface area contributed by atoms with Crippen molar-refractivity contribution in [2.45, 2.75) is 36.9 Å². The summed E-state index contributed by atoms with van der Waals surface area (Å²) in [7, 11) is 5.25. The van der Waals surface area contributed by atoms with Crippen molar-refractivity contribution in [2.24, 2.45) is 5.73 Å². The van der Waals surface area contributed by atoms with Gasteiger partial charge in [-0.3, -0.25) is 9.36 Å². The SMILES string of the molecule is COc1ccc(C[C@H](N)C(=O)N[C@H]2[C@H](O)[C@H](n3cnc4c(N(C)C)ncnc43)O[C@H]2CO)cc1. The lowest BCUT2D eigenvalue weighted by molar-refractivity contribution is -0.124. The number of amides is 1. The maximum absolute atomic E-state index is 12.8. The molecule has 0 spiro atoms. The van der Waals surface area contributed by atoms with Crippen molar-refractivity contribution in [1.82, 2.24) is 24.8 Å². The Labute approximate surface area is 196 Å². The minimum atomic E-state index is -1.18. The number of carbonyl (C=O) groups excluding carboxylic acids is 1. The number of aromatic nitrogens is 4. The second-order valence-corrected chi connectivity index (χ2v) is 8.35. The molecule has 4 rings (SSSR count). The number of aliphatic hydroxyl groups is 2. The first-order chi connectivity index (χ1) is 16.3. The topological polar surface area (TPSA) is 161 Å². The van der Waals surface area contributed by atoms with Crippen LogP contribution in [0.1, 0.15) is 11.8 Å². The highest BCUT2D eigenvalue weighted by molar-refractivity contribution is 5.83. The largest absolute Gasteiger partial charge is 0.497 e.